The summed E-state index contributed by atoms with van der Waals surface area (Å²) in [6.45, 7) is 1.88. The lowest BCUT2D eigenvalue weighted by atomic mass is 10.1. The van der Waals surface area contributed by atoms with Gasteiger partial charge in [0.05, 0.1) is 26.2 Å². The number of ether oxygens (including phenoxy) is 3. The van der Waals surface area contributed by atoms with Gasteiger partial charge < -0.3 is 19.1 Å². The van der Waals surface area contributed by atoms with Crippen molar-refractivity contribution >= 4 is 29.0 Å². The van der Waals surface area contributed by atoms with Gasteiger partial charge in [0.2, 0.25) is 5.91 Å². The molecule has 0 unspecified atom stereocenters. The number of Topliss-reactive ketones (excluding diaryl/α,β-unsaturated/α-hetero) is 1. The number of hydrogen-bond donors (Lipinski definition) is 0. The Morgan fingerprint density at radius 3 is 2.14 bits per heavy atom. The first-order chi connectivity index (χ1) is 13.9. The van der Waals surface area contributed by atoms with Crippen LogP contribution in [0.25, 0.3) is 0 Å². The van der Waals surface area contributed by atoms with Crippen LogP contribution in [0.2, 0.25) is 0 Å². The van der Waals surface area contributed by atoms with E-state index in [1.807, 2.05) is 13.0 Å². The lowest BCUT2D eigenvalue weighted by molar-refractivity contribution is -0.147. The molecule has 0 aliphatic heterocycles. The van der Waals surface area contributed by atoms with Crippen molar-refractivity contribution in [3.63, 3.8) is 0 Å². The quantitative estimate of drug-likeness (QED) is 0.434. The fourth-order valence-corrected chi connectivity index (χ4v) is 3.55. The summed E-state index contributed by atoms with van der Waals surface area (Å²) < 4.78 is 15.2. The largest absolute Gasteiger partial charge is 0.497 e. The molecular formula is C21H25NO6S. The van der Waals surface area contributed by atoms with E-state index in [1.54, 1.807) is 24.3 Å². The van der Waals surface area contributed by atoms with Crippen molar-refractivity contribution < 1.29 is 28.6 Å². The summed E-state index contributed by atoms with van der Waals surface area (Å²) in [5, 5.41) is 0. The number of rotatable bonds is 10. The van der Waals surface area contributed by atoms with Crippen LogP contribution in [-0.4, -0.2) is 50.4 Å². The molecule has 0 radical (unpaired) electrons. The molecule has 1 heterocycles. The van der Waals surface area contributed by atoms with Gasteiger partial charge in [-0.1, -0.05) is 0 Å². The molecule has 1 aromatic carbocycles. The minimum atomic E-state index is -0.534. The summed E-state index contributed by atoms with van der Waals surface area (Å²) in [5.74, 6) is 0.228. The first kappa shape index (κ1) is 22.4. The van der Waals surface area contributed by atoms with Crippen LogP contribution in [0.15, 0.2) is 30.3 Å². The summed E-state index contributed by atoms with van der Waals surface area (Å²) in [7, 11) is 4.34. The maximum atomic E-state index is 12.8. The maximum Gasteiger partial charge on any atom is 0.325 e. The van der Waals surface area contributed by atoms with Crippen LogP contribution in [0.1, 0.15) is 33.0 Å². The first-order valence-electron chi connectivity index (χ1n) is 9.02. The van der Waals surface area contributed by atoms with Gasteiger partial charge in [-0.15, -0.1) is 11.3 Å². The summed E-state index contributed by atoms with van der Waals surface area (Å²) in [6.07, 6.45) is 0.0891. The van der Waals surface area contributed by atoms with E-state index < -0.39 is 5.97 Å². The Morgan fingerprint density at radius 2 is 1.62 bits per heavy atom. The number of nitrogens with zero attached hydrogens (tertiary/aromatic N) is 1. The molecule has 0 N–H and O–H groups in total. The van der Waals surface area contributed by atoms with Gasteiger partial charge in [0.15, 0.2) is 5.78 Å². The molecule has 0 aliphatic carbocycles. The standard InChI is InChI=1S/C21H25NO6S/c1-14-5-7-19(29-14)18(23)6-8-20(24)22(13-21(25)28-4)12-15-9-16(26-2)11-17(10-15)27-3/h5,7,9-11H,6,8,12-13H2,1-4H3. The van der Waals surface area contributed by atoms with E-state index in [2.05, 4.69) is 0 Å². The summed E-state index contributed by atoms with van der Waals surface area (Å²) in [5.41, 5.74) is 0.735. The van der Waals surface area contributed by atoms with Gasteiger partial charge in [-0.25, -0.2) is 0 Å². The number of amides is 1. The Bertz CT molecular complexity index is 854. The van der Waals surface area contributed by atoms with Crippen molar-refractivity contribution in [1.82, 2.24) is 4.90 Å². The van der Waals surface area contributed by atoms with Gasteiger partial charge in [0.1, 0.15) is 18.0 Å². The fraction of sp³-hybridized carbons (Fsp3) is 0.381. The van der Waals surface area contributed by atoms with Gasteiger partial charge >= 0.3 is 5.97 Å². The molecule has 2 rings (SSSR count). The smallest absolute Gasteiger partial charge is 0.325 e. The third-order valence-electron chi connectivity index (χ3n) is 4.27. The average Bonchev–Trinajstić information content (AvgIpc) is 3.17. The zero-order valence-corrected chi connectivity index (χ0v) is 17.8. The number of thiophene rings is 1. The van der Waals surface area contributed by atoms with Crippen molar-refractivity contribution in [3.05, 3.63) is 45.6 Å². The maximum absolute atomic E-state index is 12.8. The highest BCUT2D eigenvalue weighted by molar-refractivity contribution is 7.14. The van der Waals surface area contributed by atoms with Crippen molar-refractivity contribution in [2.75, 3.05) is 27.9 Å². The highest BCUT2D eigenvalue weighted by Gasteiger charge is 2.20. The van der Waals surface area contributed by atoms with Crippen molar-refractivity contribution in [2.24, 2.45) is 0 Å². The van der Waals surface area contributed by atoms with E-state index in [0.29, 0.717) is 16.4 Å². The lowest BCUT2D eigenvalue weighted by Crippen LogP contribution is -2.35. The number of carbonyl (C=O) groups is 3. The lowest BCUT2D eigenvalue weighted by Gasteiger charge is -2.22. The molecule has 0 bridgehead atoms. The molecule has 0 saturated heterocycles. The van der Waals surface area contributed by atoms with E-state index in [1.165, 1.54) is 37.6 Å². The van der Waals surface area contributed by atoms with Gasteiger partial charge in [-0.2, -0.15) is 0 Å². The Kier molecular flexibility index (Phi) is 8.21. The van der Waals surface area contributed by atoms with Crippen molar-refractivity contribution in [3.8, 4) is 11.5 Å². The number of esters is 1. The predicted octanol–water partition coefficient (Wildman–Crippen LogP) is 3.24. The molecule has 1 amide bonds. The minimum absolute atomic E-state index is 0.00782. The van der Waals surface area contributed by atoms with Gasteiger partial charge in [0.25, 0.3) is 0 Å². The normalized spacial score (nSPS) is 10.3. The van der Waals surface area contributed by atoms with Gasteiger partial charge in [-0.3, -0.25) is 14.4 Å². The molecule has 0 atom stereocenters. The second-order valence-electron chi connectivity index (χ2n) is 6.38. The van der Waals surface area contributed by atoms with Crippen molar-refractivity contribution in [1.29, 1.82) is 0 Å². The van der Waals surface area contributed by atoms with Crippen LogP contribution in [0.4, 0.5) is 0 Å². The molecule has 7 nitrogen and oxygen atoms in total. The van der Waals surface area contributed by atoms with Crippen LogP contribution in [0.3, 0.4) is 0 Å². The molecule has 8 heteroatoms. The van der Waals surface area contributed by atoms with Crippen LogP contribution in [-0.2, 0) is 20.9 Å². The average molecular weight is 419 g/mol. The van der Waals surface area contributed by atoms with Gasteiger partial charge in [-0.05, 0) is 36.8 Å². The van der Waals surface area contributed by atoms with Crippen LogP contribution in [0.5, 0.6) is 11.5 Å². The predicted molar refractivity (Wildman–Crippen MR) is 110 cm³/mol. The summed E-state index contributed by atoms with van der Waals surface area (Å²) >= 11 is 1.40. The van der Waals surface area contributed by atoms with Crippen LogP contribution >= 0.6 is 11.3 Å². The molecule has 29 heavy (non-hydrogen) atoms. The topological polar surface area (TPSA) is 82.1 Å². The van der Waals surface area contributed by atoms with E-state index in [-0.39, 0.29) is 37.6 Å². The number of carbonyl (C=O) groups excluding carboxylic acids is 3. The molecular weight excluding hydrogens is 394 g/mol. The number of ketones is 1. The van der Waals surface area contributed by atoms with E-state index in [4.69, 9.17) is 14.2 Å². The second-order valence-corrected chi connectivity index (χ2v) is 7.67. The number of hydrogen-bond acceptors (Lipinski definition) is 7. The molecule has 0 spiro atoms. The molecule has 0 aliphatic rings. The zero-order chi connectivity index (χ0) is 21.4. The van der Waals surface area contributed by atoms with Crippen LogP contribution < -0.4 is 9.47 Å². The minimum Gasteiger partial charge on any atom is -0.497 e. The van der Waals surface area contributed by atoms with Crippen molar-refractivity contribution in [2.45, 2.75) is 26.3 Å². The van der Waals surface area contributed by atoms with Gasteiger partial charge in [0, 0.05) is 30.3 Å². The first-order valence-corrected chi connectivity index (χ1v) is 9.84. The Labute approximate surface area is 174 Å². The fourth-order valence-electron chi connectivity index (χ4n) is 2.72. The second kappa shape index (κ2) is 10.6. The summed E-state index contributed by atoms with van der Waals surface area (Å²) in [4.78, 5) is 39.9. The number of methoxy groups -OCH3 is 3. The van der Waals surface area contributed by atoms with E-state index in [9.17, 15) is 14.4 Å². The third-order valence-corrected chi connectivity index (χ3v) is 5.31. The highest BCUT2D eigenvalue weighted by atomic mass is 32.1. The number of benzene rings is 1. The van der Waals surface area contributed by atoms with E-state index in [0.717, 1.165) is 10.4 Å². The number of aryl methyl sites for hydroxylation is 1. The van der Waals surface area contributed by atoms with E-state index >= 15 is 0 Å². The Morgan fingerprint density at radius 1 is 0.966 bits per heavy atom. The molecule has 0 saturated carbocycles. The van der Waals surface area contributed by atoms with Crippen LogP contribution in [0, 0.1) is 6.92 Å². The zero-order valence-electron chi connectivity index (χ0n) is 17.0. The molecule has 1 aromatic heterocycles. The molecule has 156 valence electrons. The SMILES string of the molecule is COC(=O)CN(Cc1cc(OC)cc(OC)c1)C(=O)CCC(=O)c1ccc(C)s1. The monoisotopic (exact) mass is 419 g/mol. The third kappa shape index (κ3) is 6.60. The Balaban J connectivity index is 2.11. The highest BCUT2D eigenvalue weighted by Crippen LogP contribution is 2.24. The summed E-state index contributed by atoms with van der Waals surface area (Å²) in [6, 6.07) is 8.89. The Hall–Kier alpha value is -2.87. The molecule has 2 aromatic rings. The molecule has 0 fully saturated rings.